The monoisotopic (exact) mass is 384 g/mol. The van der Waals surface area contributed by atoms with Crippen molar-refractivity contribution in [2.24, 2.45) is 5.10 Å². The predicted molar refractivity (Wildman–Crippen MR) is 106 cm³/mol. The molecule has 3 aromatic carbocycles. The topological polar surface area (TPSA) is 15.6 Å². The highest BCUT2D eigenvalue weighted by Gasteiger charge is 2.31. The standard InChI is InChI=1S/C21H15Cl2FN2/c22-16-8-11-18(23)21(12-16)26-20(15-4-2-1-3-5-15)13-19(25-26)14-6-9-17(24)10-7-14/h1-12,20H,13H2/t20-/m1/s1. The first-order valence-electron chi connectivity index (χ1n) is 8.24. The second-order valence-electron chi connectivity index (χ2n) is 6.12. The molecule has 0 spiro atoms. The summed E-state index contributed by atoms with van der Waals surface area (Å²) >= 11 is 12.6. The van der Waals surface area contributed by atoms with Crippen LogP contribution in [0.3, 0.4) is 0 Å². The van der Waals surface area contributed by atoms with Gasteiger partial charge in [0.15, 0.2) is 0 Å². The van der Waals surface area contributed by atoms with Crippen molar-refractivity contribution in [3.05, 3.63) is 99.8 Å². The van der Waals surface area contributed by atoms with Gasteiger partial charge in [-0.25, -0.2) is 4.39 Å². The van der Waals surface area contributed by atoms with Gasteiger partial charge in [-0.2, -0.15) is 5.10 Å². The number of hydrogen-bond donors (Lipinski definition) is 0. The SMILES string of the molecule is Fc1ccc(C2=NN(c3cc(Cl)ccc3Cl)[C@@H](c3ccccc3)C2)cc1. The number of anilines is 1. The fourth-order valence-electron chi connectivity index (χ4n) is 3.15. The highest BCUT2D eigenvalue weighted by atomic mass is 35.5. The van der Waals surface area contributed by atoms with Crippen LogP contribution in [-0.4, -0.2) is 5.71 Å². The minimum absolute atomic E-state index is 0.00720. The maximum atomic E-state index is 13.3. The van der Waals surface area contributed by atoms with Crippen LogP contribution < -0.4 is 5.01 Å². The second kappa shape index (κ2) is 7.10. The Kier molecular flexibility index (Phi) is 4.66. The van der Waals surface area contributed by atoms with Crippen molar-refractivity contribution in [3.8, 4) is 0 Å². The average molecular weight is 385 g/mol. The number of hydrogen-bond acceptors (Lipinski definition) is 2. The summed E-state index contributed by atoms with van der Waals surface area (Å²) in [6.07, 6.45) is 0.693. The first kappa shape index (κ1) is 17.1. The van der Waals surface area contributed by atoms with Crippen LogP contribution in [0, 0.1) is 5.82 Å². The molecule has 0 fully saturated rings. The van der Waals surface area contributed by atoms with E-state index in [-0.39, 0.29) is 11.9 Å². The summed E-state index contributed by atoms with van der Waals surface area (Å²) < 4.78 is 13.3. The number of nitrogens with zero attached hydrogens (tertiary/aromatic N) is 2. The molecule has 5 heteroatoms. The van der Waals surface area contributed by atoms with Crippen LogP contribution in [-0.2, 0) is 0 Å². The number of rotatable bonds is 3. The Morgan fingerprint density at radius 1 is 0.923 bits per heavy atom. The first-order valence-corrected chi connectivity index (χ1v) is 9.00. The molecular weight excluding hydrogens is 370 g/mol. The zero-order valence-corrected chi connectivity index (χ0v) is 15.3. The van der Waals surface area contributed by atoms with Crippen molar-refractivity contribution in [1.82, 2.24) is 0 Å². The van der Waals surface area contributed by atoms with Crippen LogP contribution in [0.15, 0.2) is 77.9 Å². The molecule has 0 saturated heterocycles. The third-order valence-electron chi connectivity index (χ3n) is 4.43. The van der Waals surface area contributed by atoms with Crippen molar-refractivity contribution in [3.63, 3.8) is 0 Å². The number of hydrazone groups is 1. The minimum Gasteiger partial charge on any atom is -0.256 e. The van der Waals surface area contributed by atoms with Crippen LogP contribution in [0.2, 0.25) is 10.0 Å². The Morgan fingerprint density at radius 2 is 1.65 bits per heavy atom. The zero-order valence-electron chi connectivity index (χ0n) is 13.7. The van der Waals surface area contributed by atoms with Gasteiger partial charge in [-0.3, -0.25) is 5.01 Å². The molecule has 2 nitrogen and oxygen atoms in total. The van der Waals surface area contributed by atoms with E-state index < -0.39 is 0 Å². The quantitative estimate of drug-likeness (QED) is 0.503. The summed E-state index contributed by atoms with van der Waals surface area (Å²) in [4.78, 5) is 0. The molecule has 3 aromatic rings. The van der Waals surface area contributed by atoms with E-state index in [1.807, 2.05) is 29.3 Å². The Balaban J connectivity index is 1.79. The molecule has 0 aromatic heterocycles. The lowest BCUT2D eigenvalue weighted by Crippen LogP contribution is -2.18. The van der Waals surface area contributed by atoms with Crippen molar-refractivity contribution in [1.29, 1.82) is 0 Å². The fraction of sp³-hybridized carbons (Fsp3) is 0.0952. The molecule has 4 rings (SSSR count). The van der Waals surface area contributed by atoms with Crippen molar-refractivity contribution in [2.45, 2.75) is 12.5 Å². The van der Waals surface area contributed by atoms with E-state index in [2.05, 4.69) is 12.1 Å². The van der Waals surface area contributed by atoms with Gasteiger partial charge in [0.1, 0.15) is 5.82 Å². The molecule has 130 valence electrons. The van der Waals surface area contributed by atoms with Crippen LogP contribution in [0.5, 0.6) is 0 Å². The first-order chi connectivity index (χ1) is 12.6. The lowest BCUT2D eigenvalue weighted by Gasteiger charge is -2.25. The predicted octanol–water partition coefficient (Wildman–Crippen LogP) is 6.49. The largest absolute Gasteiger partial charge is 0.256 e. The Morgan fingerprint density at radius 3 is 2.38 bits per heavy atom. The molecule has 1 aliphatic heterocycles. The highest BCUT2D eigenvalue weighted by Crippen LogP contribution is 2.40. The molecule has 0 aliphatic carbocycles. The van der Waals surface area contributed by atoms with Crippen LogP contribution >= 0.6 is 23.2 Å². The Hall–Kier alpha value is -2.36. The molecule has 0 radical (unpaired) electrons. The van der Waals surface area contributed by atoms with Crippen LogP contribution in [0.1, 0.15) is 23.6 Å². The van der Waals surface area contributed by atoms with E-state index in [1.54, 1.807) is 24.3 Å². The summed E-state index contributed by atoms with van der Waals surface area (Å²) in [5, 5.41) is 7.89. The maximum absolute atomic E-state index is 13.3. The lowest BCUT2D eigenvalue weighted by molar-refractivity contribution is 0.627. The van der Waals surface area contributed by atoms with Gasteiger partial charge in [-0.1, -0.05) is 65.7 Å². The van der Waals surface area contributed by atoms with Gasteiger partial charge in [-0.05, 0) is 41.5 Å². The second-order valence-corrected chi connectivity index (χ2v) is 6.97. The summed E-state index contributed by atoms with van der Waals surface area (Å²) in [5.41, 5.74) is 3.66. The van der Waals surface area contributed by atoms with Gasteiger partial charge in [0.05, 0.1) is 22.5 Å². The van der Waals surface area contributed by atoms with Gasteiger partial charge in [0.25, 0.3) is 0 Å². The maximum Gasteiger partial charge on any atom is 0.123 e. The van der Waals surface area contributed by atoms with Gasteiger partial charge in [-0.15, -0.1) is 0 Å². The van der Waals surface area contributed by atoms with Gasteiger partial charge < -0.3 is 0 Å². The molecule has 26 heavy (non-hydrogen) atoms. The van der Waals surface area contributed by atoms with Gasteiger partial charge in [0.2, 0.25) is 0 Å². The van der Waals surface area contributed by atoms with Crippen molar-refractivity contribution >= 4 is 34.6 Å². The molecule has 1 aliphatic rings. The molecule has 0 bridgehead atoms. The van der Waals surface area contributed by atoms with E-state index in [9.17, 15) is 4.39 Å². The van der Waals surface area contributed by atoms with E-state index in [1.165, 1.54) is 12.1 Å². The summed E-state index contributed by atoms with van der Waals surface area (Å²) in [5.74, 6) is -0.262. The van der Waals surface area contributed by atoms with E-state index in [0.29, 0.717) is 16.5 Å². The molecule has 0 amide bonds. The summed E-state index contributed by atoms with van der Waals surface area (Å²) in [7, 11) is 0. The number of halogens is 3. The molecule has 1 atom stereocenters. The normalized spacial score (nSPS) is 16.7. The van der Waals surface area contributed by atoms with Gasteiger partial charge >= 0.3 is 0 Å². The lowest BCUT2D eigenvalue weighted by atomic mass is 9.98. The fourth-order valence-corrected chi connectivity index (χ4v) is 3.52. The van der Waals surface area contributed by atoms with Crippen LogP contribution in [0.4, 0.5) is 10.1 Å². The Labute approximate surface area is 161 Å². The molecule has 0 unspecified atom stereocenters. The third kappa shape index (κ3) is 3.33. The Bertz CT molecular complexity index is 956. The summed E-state index contributed by atoms with van der Waals surface area (Å²) in [6.45, 7) is 0. The highest BCUT2D eigenvalue weighted by molar-refractivity contribution is 6.35. The number of benzene rings is 3. The zero-order chi connectivity index (χ0) is 18.1. The van der Waals surface area contributed by atoms with E-state index in [4.69, 9.17) is 28.3 Å². The summed E-state index contributed by atoms with van der Waals surface area (Å²) in [6, 6.07) is 21.9. The minimum atomic E-state index is -0.262. The van der Waals surface area contributed by atoms with Crippen LogP contribution in [0.25, 0.3) is 0 Å². The van der Waals surface area contributed by atoms with Gasteiger partial charge in [0, 0.05) is 11.4 Å². The molecular formula is C21H15Cl2FN2. The van der Waals surface area contributed by atoms with Crippen molar-refractivity contribution in [2.75, 3.05) is 5.01 Å². The smallest absolute Gasteiger partial charge is 0.123 e. The molecule has 1 heterocycles. The average Bonchev–Trinajstić information content (AvgIpc) is 3.10. The van der Waals surface area contributed by atoms with E-state index >= 15 is 0 Å². The molecule has 0 saturated carbocycles. The third-order valence-corrected chi connectivity index (χ3v) is 4.98. The van der Waals surface area contributed by atoms with E-state index in [0.717, 1.165) is 22.5 Å². The molecule has 0 N–H and O–H groups in total. The van der Waals surface area contributed by atoms with Crippen molar-refractivity contribution < 1.29 is 4.39 Å².